The largest absolute Gasteiger partial charge is 0.480 e. The Morgan fingerprint density at radius 2 is 1.78 bits per heavy atom. The number of fused-ring (bicyclic) bond motifs is 1. The van der Waals surface area contributed by atoms with Crippen LogP contribution in [-0.4, -0.2) is 69.5 Å². The topological polar surface area (TPSA) is 189 Å². The van der Waals surface area contributed by atoms with Crippen LogP contribution in [0.1, 0.15) is 67.8 Å². The quantitative estimate of drug-likeness (QED) is 0.291. The van der Waals surface area contributed by atoms with Crippen molar-refractivity contribution in [2.24, 2.45) is 17.4 Å². The third-order valence-electron chi connectivity index (χ3n) is 9.44. The predicted octanol–water partition coefficient (Wildman–Crippen LogP) is 4.27. The molecule has 3 atom stereocenters. The van der Waals surface area contributed by atoms with Gasteiger partial charge in [0.15, 0.2) is 0 Å². The second-order valence-electron chi connectivity index (χ2n) is 12.1. The molecule has 12 heteroatoms. The Morgan fingerprint density at radius 3 is 2.44 bits per heavy atom. The number of aromatic nitrogens is 1. The Bertz CT molecular complexity index is 1600. The fourth-order valence-corrected chi connectivity index (χ4v) is 7.40. The molecular weight excluding hydrogens is 574 g/mol. The minimum absolute atomic E-state index is 0.262. The Hall–Kier alpha value is -4.87. The van der Waals surface area contributed by atoms with Crippen molar-refractivity contribution in [3.05, 3.63) is 65.9 Å². The number of carboxylic acid groups (broad SMARTS) is 1. The van der Waals surface area contributed by atoms with Crippen LogP contribution >= 0.6 is 0 Å². The summed E-state index contributed by atoms with van der Waals surface area (Å²) in [6.45, 7) is 2.48. The second-order valence-corrected chi connectivity index (χ2v) is 12.1. The van der Waals surface area contributed by atoms with Crippen LogP contribution in [0.25, 0.3) is 10.8 Å². The Kier molecular flexibility index (Phi) is 9.12. The van der Waals surface area contributed by atoms with Crippen LogP contribution < -0.4 is 22.1 Å². The Balaban J connectivity index is 1.57. The summed E-state index contributed by atoms with van der Waals surface area (Å²) in [4.78, 5) is 60.1. The number of aliphatic carboxylic acids is 1. The first-order valence-electron chi connectivity index (χ1n) is 15.5. The number of anilines is 2. The van der Waals surface area contributed by atoms with Crippen molar-refractivity contribution in [1.82, 2.24) is 14.8 Å². The molecule has 5 rings (SSSR count). The molecule has 0 bridgehead atoms. The predicted molar refractivity (Wildman–Crippen MR) is 171 cm³/mol. The van der Waals surface area contributed by atoms with Crippen molar-refractivity contribution in [3.8, 4) is 0 Å². The average Bonchev–Trinajstić information content (AvgIpc) is 3.03. The summed E-state index contributed by atoms with van der Waals surface area (Å²) in [7, 11) is 0. The summed E-state index contributed by atoms with van der Waals surface area (Å²) in [5, 5.41) is 11.1. The summed E-state index contributed by atoms with van der Waals surface area (Å²) < 4.78 is 0. The van der Waals surface area contributed by atoms with Gasteiger partial charge in [0.25, 0.3) is 5.91 Å². The summed E-state index contributed by atoms with van der Waals surface area (Å²) in [6, 6.07) is 12.2. The number of nitrogens with zero attached hydrogens (tertiary/aromatic N) is 4. The number of piperidine rings is 2. The van der Waals surface area contributed by atoms with Gasteiger partial charge in [-0.05, 0) is 79.3 Å². The van der Waals surface area contributed by atoms with Crippen molar-refractivity contribution in [1.29, 1.82) is 0 Å². The van der Waals surface area contributed by atoms with E-state index in [1.807, 2.05) is 12.1 Å². The number of nitrogen functional groups attached to an aromatic ring is 1. The maximum Gasteiger partial charge on any atom is 0.323 e. The monoisotopic (exact) mass is 615 g/mol. The van der Waals surface area contributed by atoms with Crippen LogP contribution in [0, 0.1) is 5.92 Å². The number of urea groups is 2. The number of rotatable bonds is 8. The van der Waals surface area contributed by atoms with E-state index in [2.05, 4.69) is 11.9 Å². The van der Waals surface area contributed by atoms with Gasteiger partial charge < -0.3 is 32.1 Å². The zero-order chi connectivity index (χ0) is 32.3. The number of hydrogen-bond donors (Lipinski definition) is 4. The van der Waals surface area contributed by atoms with Gasteiger partial charge in [0, 0.05) is 35.9 Å². The molecular formula is C33H41N7O5. The van der Waals surface area contributed by atoms with E-state index in [0.29, 0.717) is 42.9 Å². The molecule has 0 saturated carbocycles. The van der Waals surface area contributed by atoms with Crippen molar-refractivity contribution in [3.63, 3.8) is 0 Å². The molecule has 45 heavy (non-hydrogen) atoms. The first-order valence-corrected chi connectivity index (χ1v) is 15.5. The maximum atomic E-state index is 13.8. The number of nitrogens with two attached hydrogens (primary N) is 3. The third kappa shape index (κ3) is 6.09. The van der Waals surface area contributed by atoms with E-state index < -0.39 is 42.1 Å². The second kappa shape index (κ2) is 13.0. The molecule has 3 aromatic rings. The van der Waals surface area contributed by atoms with E-state index in [0.717, 1.165) is 43.1 Å². The smallest absolute Gasteiger partial charge is 0.323 e. The first kappa shape index (κ1) is 31.6. The SMILES string of the molecule is CCCC1CCN(C(N)=O)C(C2(c3ccc(N(CC(=O)O)C(=O)c4ccc5ccnc(N)c5c4)cc3)CCCCN2C(N)=O)C1. The van der Waals surface area contributed by atoms with Gasteiger partial charge in [-0.15, -0.1) is 0 Å². The van der Waals surface area contributed by atoms with Crippen LogP contribution in [0.15, 0.2) is 54.7 Å². The average molecular weight is 616 g/mol. The molecule has 0 aliphatic carbocycles. The third-order valence-corrected chi connectivity index (χ3v) is 9.44. The molecule has 2 saturated heterocycles. The van der Waals surface area contributed by atoms with Crippen LogP contribution in [-0.2, 0) is 10.3 Å². The van der Waals surface area contributed by atoms with Gasteiger partial charge in [-0.25, -0.2) is 14.6 Å². The molecule has 2 aromatic carbocycles. The van der Waals surface area contributed by atoms with E-state index in [1.165, 1.54) is 4.90 Å². The van der Waals surface area contributed by atoms with Crippen LogP contribution in [0.5, 0.6) is 0 Å². The highest BCUT2D eigenvalue weighted by molar-refractivity contribution is 6.10. The summed E-state index contributed by atoms with van der Waals surface area (Å²) in [6.07, 6.45) is 7.25. The van der Waals surface area contributed by atoms with Crippen molar-refractivity contribution < 1.29 is 24.3 Å². The van der Waals surface area contributed by atoms with Crippen LogP contribution in [0.3, 0.4) is 0 Å². The molecule has 12 nitrogen and oxygen atoms in total. The number of primary amides is 2. The zero-order valence-electron chi connectivity index (χ0n) is 25.5. The fourth-order valence-electron chi connectivity index (χ4n) is 7.40. The number of pyridine rings is 1. The van der Waals surface area contributed by atoms with E-state index in [4.69, 9.17) is 17.2 Å². The van der Waals surface area contributed by atoms with E-state index in [1.54, 1.807) is 52.4 Å². The number of benzene rings is 2. The molecule has 0 radical (unpaired) electrons. The highest BCUT2D eigenvalue weighted by Gasteiger charge is 2.53. The van der Waals surface area contributed by atoms with Gasteiger partial charge in [0.1, 0.15) is 12.4 Å². The first-order chi connectivity index (χ1) is 21.6. The summed E-state index contributed by atoms with van der Waals surface area (Å²) in [5.41, 5.74) is 18.4. The van der Waals surface area contributed by atoms with Gasteiger partial charge >= 0.3 is 18.0 Å². The number of carboxylic acids is 1. The van der Waals surface area contributed by atoms with Crippen molar-refractivity contribution >= 4 is 46.2 Å². The van der Waals surface area contributed by atoms with Crippen LogP contribution in [0.4, 0.5) is 21.1 Å². The lowest BCUT2D eigenvalue weighted by atomic mass is 9.69. The lowest BCUT2D eigenvalue weighted by Crippen LogP contribution is -2.67. The van der Waals surface area contributed by atoms with Gasteiger partial charge in [0.2, 0.25) is 0 Å². The minimum atomic E-state index is -1.18. The highest BCUT2D eigenvalue weighted by Crippen LogP contribution is 2.47. The molecule has 3 heterocycles. The maximum absolute atomic E-state index is 13.8. The number of carbonyl (C=O) groups excluding carboxylic acids is 3. The van der Waals surface area contributed by atoms with Gasteiger partial charge in [-0.3, -0.25) is 14.5 Å². The molecule has 2 fully saturated rings. The van der Waals surface area contributed by atoms with E-state index in [9.17, 15) is 24.3 Å². The summed E-state index contributed by atoms with van der Waals surface area (Å²) >= 11 is 0. The Labute approximate surface area is 262 Å². The number of carbonyl (C=O) groups is 4. The van der Waals surface area contributed by atoms with E-state index >= 15 is 0 Å². The highest BCUT2D eigenvalue weighted by atomic mass is 16.4. The van der Waals surface area contributed by atoms with Crippen molar-refractivity contribution in [2.45, 2.75) is 63.5 Å². The molecule has 3 unspecified atom stereocenters. The normalized spacial score (nSPS) is 21.8. The lowest BCUT2D eigenvalue weighted by molar-refractivity contribution is -0.135. The number of likely N-dealkylation sites (tertiary alicyclic amines) is 2. The molecule has 7 N–H and O–H groups in total. The van der Waals surface area contributed by atoms with Gasteiger partial charge in [-0.1, -0.05) is 38.0 Å². The zero-order valence-corrected chi connectivity index (χ0v) is 25.5. The Morgan fingerprint density at radius 1 is 1.02 bits per heavy atom. The standard InChI is InChI=1S/C33H41N7O5/c1-2-5-21-13-17-38(31(35)44)27(18-21)33(14-3-4-16-40(33)32(36)45)24-8-10-25(11-9-24)39(20-28(41)42)30(43)23-7-6-22-12-15-37-29(34)26(22)19-23/h6-12,15,19,21,27H,2-5,13-14,16-18,20H2,1H3,(H2,34,37)(H2,35,44)(H2,36,45)(H,41,42). The van der Waals surface area contributed by atoms with Crippen LogP contribution in [0.2, 0.25) is 0 Å². The molecule has 0 spiro atoms. The molecule has 5 amide bonds. The molecule has 2 aliphatic heterocycles. The molecule has 1 aromatic heterocycles. The summed E-state index contributed by atoms with van der Waals surface area (Å²) in [5.74, 6) is -1.07. The van der Waals surface area contributed by atoms with E-state index in [-0.39, 0.29) is 11.4 Å². The number of amides is 5. The number of hydrogen-bond acceptors (Lipinski definition) is 6. The molecule has 238 valence electrons. The van der Waals surface area contributed by atoms with Gasteiger partial charge in [-0.2, -0.15) is 0 Å². The molecule has 2 aliphatic rings. The lowest BCUT2D eigenvalue weighted by Gasteiger charge is -2.56. The fraction of sp³-hybridized carbons (Fsp3) is 0.424. The van der Waals surface area contributed by atoms with Crippen molar-refractivity contribution in [2.75, 3.05) is 30.3 Å². The van der Waals surface area contributed by atoms with Gasteiger partial charge in [0.05, 0.1) is 11.6 Å². The minimum Gasteiger partial charge on any atom is -0.480 e.